The summed E-state index contributed by atoms with van der Waals surface area (Å²) in [6, 6.07) is 14.1. The summed E-state index contributed by atoms with van der Waals surface area (Å²) in [6.45, 7) is 4.50. The van der Waals surface area contributed by atoms with Crippen LogP contribution in [0.4, 0.5) is 0 Å². The number of halogens is 1. The standard InChI is InChI=1S/C20H20ClNO/c1-14-8-10-22(11-9-14)18-12-15-4-2-3-5-19(15)23-20-7-6-16(21)13-17(18)20/h2-7,12-14H,8-11H2,1H3. The lowest BCUT2D eigenvalue weighted by Gasteiger charge is -2.34. The second-order valence-corrected chi connectivity index (χ2v) is 6.92. The molecule has 0 spiro atoms. The first-order chi connectivity index (χ1) is 11.2. The number of ether oxygens (including phenoxy) is 1. The highest BCUT2D eigenvalue weighted by Crippen LogP contribution is 2.41. The van der Waals surface area contributed by atoms with Gasteiger partial charge in [-0.2, -0.15) is 0 Å². The van der Waals surface area contributed by atoms with Crippen LogP contribution in [0, 0.1) is 5.92 Å². The van der Waals surface area contributed by atoms with Gasteiger partial charge in [-0.05, 0) is 49.1 Å². The third-order valence-corrected chi connectivity index (χ3v) is 5.01. The zero-order valence-corrected chi connectivity index (χ0v) is 14.0. The van der Waals surface area contributed by atoms with Crippen LogP contribution in [0.3, 0.4) is 0 Å². The molecule has 0 bridgehead atoms. The van der Waals surface area contributed by atoms with Crippen LogP contribution >= 0.6 is 11.6 Å². The highest BCUT2D eigenvalue weighted by atomic mass is 35.5. The lowest BCUT2D eigenvalue weighted by Crippen LogP contribution is -2.31. The SMILES string of the molecule is CC1CCN(C2=Cc3ccccc3Oc3ccc(Cl)cc32)CC1. The molecular formula is C20H20ClNO. The molecule has 1 fully saturated rings. The maximum absolute atomic E-state index is 6.27. The van der Waals surface area contributed by atoms with Crippen molar-refractivity contribution in [3.63, 3.8) is 0 Å². The molecule has 0 amide bonds. The minimum atomic E-state index is 0.745. The molecule has 23 heavy (non-hydrogen) atoms. The fourth-order valence-electron chi connectivity index (χ4n) is 3.34. The highest BCUT2D eigenvalue weighted by Gasteiger charge is 2.24. The topological polar surface area (TPSA) is 12.5 Å². The number of likely N-dealkylation sites (tertiary alicyclic amines) is 1. The van der Waals surface area contributed by atoms with Crippen molar-refractivity contribution in [3.05, 3.63) is 58.6 Å². The molecule has 118 valence electrons. The molecule has 0 aromatic heterocycles. The van der Waals surface area contributed by atoms with Crippen molar-refractivity contribution in [2.75, 3.05) is 13.1 Å². The molecule has 2 aromatic rings. The monoisotopic (exact) mass is 325 g/mol. The Morgan fingerprint density at radius 3 is 2.65 bits per heavy atom. The normalized spacial score (nSPS) is 17.7. The predicted octanol–water partition coefficient (Wildman–Crippen LogP) is 5.68. The smallest absolute Gasteiger partial charge is 0.136 e. The molecule has 4 rings (SSSR count). The number of rotatable bonds is 1. The summed E-state index contributed by atoms with van der Waals surface area (Å²) >= 11 is 6.27. The maximum atomic E-state index is 6.27. The number of piperidine rings is 1. The lowest BCUT2D eigenvalue weighted by atomic mass is 9.97. The first kappa shape index (κ1) is 14.6. The summed E-state index contributed by atoms with van der Waals surface area (Å²) in [5.74, 6) is 2.58. The zero-order valence-electron chi connectivity index (χ0n) is 13.3. The van der Waals surface area contributed by atoms with E-state index < -0.39 is 0 Å². The van der Waals surface area contributed by atoms with Crippen LogP contribution in [0.15, 0.2) is 42.5 Å². The number of para-hydroxylation sites is 1. The first-order valence-electron chi connectivity index (χ1n) is 8.24. The summed E-state index contributed by atoms with van der Waals surface area (Å²) in [4.78, 5) is 2.47. The van der Waals surface area contributed by atoms with E-state index in [-0.39, 0.29) is 0 Å². The van der Waals surface area contributed by atoms with Gasteiger partial charge in [0.1, 0.15) is 11.5 Å². The van der Waals surface area contributed by atoms with Crippen LogP contribution in [-0.2, 0) is 0 Å². The van der Waals surface area contributed by atoms with Gasteiger partial charge in [0.05, 0.1) is 0 Å². The van der Waals surface area contributed by atoms with Gasteiger partial charge in [-0.1, -0.05) is 36.7 Å². The molecule has 0 atom stereocenters. The van der Waals surface area contributed by atoms with Gasteiger partial charge in [-0.3, -0.25) is 0 Å². The second-order valence-electron chi connectivity index (χ2n) is 6.48. The molecule has 2 aliphatic rings. The van der Waals surface area contributed by atoms with Gasteiger partial charge in [0.15, 0.2) is 0 Å². The van der Waals surface area contributed by atoms with Crippen LogP contribution < -0.4 is 4.74 Å². The number of benzene rings is 2. The fourth-order valence-corrected chi connectivity index (χ4v) is 3.51. The molecule has 0 unspecified atom stereocenters. The van der Waals surface area contributed by atoms with E-state index in [0.717, 1.165) is 46.7 Å². The van der Waals surface area contributed by atoms with E-state index in [1.807, 2.05) is 30.3 Å². The van der Waals surface area contributed by atoms with Crippen LogP contribution in [0.25, 0.3) is 11.8 Å². The molecule has 0 radical (unpaired) electrons. The lowest BCUT2D eigenvalue weighted by molar-refractivity contribution is 0.269. The van der Waals surface area contributed by atoms with Gasteiger partial charge in [-0.25, -0.2) is 0 Å². The van der Waals surface area contributed by atoms with Crippen molar-refractivity contribution >= 4 is 23.4 Å². The molecule has 2 aromatic carbocycles. The number of hydrogen-bond acceptors (Lipinski definition) is 2. The van der Waals surface area contributed by atoms with E-state index >= 15 is 0 Å². The number of fused-ring (bicyclic) bond motifs is 2. The van der Waals surface area contributed by atoms with Gasteiger partial charge in [-0.15, -0.1) is 0 Å². The average molecular weight is 326 g/mol. The molecule has 2 heterocycles. The Hall–Kier alpha value is -1.93. The Kier molecular flexibility index (Phi) is 3.78. The second kappa shape index (κ2) is 5.93. The Balaban J connectivity index is 1.84. The van der Waals surface area contributed by atoms with Crippen molar-refractivity contribution < 1.29 is 4.74 Å². The van der Waals surface area contributed by atoms with Gasteiger partial charge in [0.2, 0.25) is 0 Å². The van der Waals surface area contributed by atoms with Gasteiger partial charge in [0, 0.05) is 34.9 Å². The zero-order chi connectivity index (χ0) is 15.8. The Morgan fingerprint density at radius 2 is 1.83 bits per heavy atom. The van der Waals surface area contributed by atoms with Crippen molar-refractivity contribution in [3.8, 4) is 11.5 Å². The molecule has 3 heteroatoms. The van der Waals surface area contributed by atoms with Crippen molar-refractivity contribution in [2.45, 2.75) is 19.8 Å². The Labute approximate surface area is 142 Å². The maximum Gasteiger partial charge on any atom is 0.136 e. The quantitative estimate of drug-likeness (QED) is 0.669. The molecule has 1 saturated heterocycles. The molecule has 2 aliphatic heterocycles. The highest BCUT2D eigenvalue weighted by molar-refractivity contribution is 6.30. The van der Waals surface area contributed by atoms with Crippen LogP contribution in [0.1, 0.15) is 30.9 Å². The third-order valence-electron chi connectivity index (χ3n) is 4.77. The van der Waals surface area contributed by atoms with E-state index in [1.165, 1.54) is 18.5 Å². The summed E-state index contributed by atoms with van der Waals surface area (Å²) in [7, 11) is 0. The van der Waals surface area contributed by atoms with Crippen LogP contribution in [0.5, 0.6) is 11.5 Å². The molecule has 0 N–H and O–H groups in total. The van der Waals surface area contributed by atoms with Gasteiger partial charge in [0.25, 0.3) is 0 Å². The van der Waals surface area contributed by atoms with E-state index in [0.29, 0.717) is 0 Å². The summed E-state index contributed by atoms with van der Waals surface area (Å²) in [6.07, 6.45) is 4.71. The minimum absolute atomic E-state index is 0.745. The van der Waals surface area contributed by atoms with Gasteiger partial charge < -0.3 is 9.64 Å². The van der Waals surface area contributed by atoms with E-state index in [9.17, 15) is 0 Å². The molecular weight excluding hydrogens is 306 g/mol. The number of nitrogens with zero attached hydrogens (tertiary/aromatic N) is 1. The fraction of sp³-hybridized carbons (Fsp3) is 0.300. The Morgan fingerprint density at radius 1 is 1.04 bits per heavy atom. The summed E-state index contributed by atoms with van der Waals surface area (Å²) in [5, 5.41) is 0.745. The van der Waals surface area contributed by atoms with Crippen molar-refractivity contribution in [1.82, 2.24) is 4.90 Å². The van der Waals surface area contributed by atoms with Gasteiger partial charge >= 0.3 is 0 Å². The summed E-state index contributed by atoms with van der Waals surface area (Å²) in [5.41, 5.74) is 3.43. The van der Waals surface area contributed by atoms with E-state index in [1.54, 1.807) is 0 Å². The van der Waals surface area contributed by atoms with Crippen LogP contribution in [0.2, 0.25) is 5.02 Å². The van der Waals surface area contributed by atoms with E-state index in [4.69, 9.17) is 16.3 Å². The third kappa shape index (κ3) is 2.84. The first-order valence-corrected chi connectivity index (χ1v) is 8.62. The Bertz CT molecular complexity index is 760. The molecule has 0 aliphatic carbocycles. The minimum Gasteiger partial charge on any atom is -0.456 e. The number of hydrogen-bond donors (Lipinski definition) is 0. The van der Waals surface area contributed by atoms with E-state index in [2.05, 4.69) is 30.0 Å². The predicted molar refractivity (Wildman–Crippen MR) is 95.8 cm³/mol. The summed E-state index contributed by atoms with van der Waals surface area (Å²) < 4.78 is 6.16. The molecule has 0 saturated carbocycles. The average Bonchev–Trinajstić information content (AvgIpc) is 2.72. The largest absolute Gasteiger partial charge is 0.456 e. The molecule has 2 nitrogen and oxygen atoms in total. The van der Waals surface area contributed by atoms with Crippen molar-refractivity contribution in [1.29, 1.82) is 0 Å². The van der Waals surface area contributed by atoms with Crippen molar-refractivity contribution in [2.24, 2.45) is 5.92 Å². The van der Waals surface area contributed by atoms with Crippen LogP contribution in [-0.4, -0.2) is 18.0 Å².